The number of pyridine rings is 1. The summed E-state index contributed by atoms with van der Waals surface area (Å²) in [5, 5.41) is 12.6. The molecule has 0 saturated carbocycles. The van der Waals surface area contributed by atoms with Crippen LogP contribution in [0.4, 0.5) is 0 Å². The summed E-state index contributed by atoms with van der Waals surface area (Å²) in [6.07, 6.45) is 3.55. The van der Waals surface area contributed by atoms with Crippen molar-refractivity contribution in [1.82, 2.24) is 9.55 Å². The minimum atomic E-state index is 0.632. The maximum atomic E-state index is 10.2. The maximum absolute atomic E-state index is 10.2. The minimum absolute atomic E-state index is 0.632. The van der Waals surface area contributed by atoms with Crippen LogP contribution in [0.25, 0.3) is 60.9 Å². The van der Waals surface area contributed by atoms with E-state index in [1.54, 1.807) is 12.4 Å². The van der Waals surface area contributed by atoms with Crippen molar-refractivity contribution in [3.8, 4) is 45.1 Å². The number of aromatic nitrogens is 2. The summed E-state index contributed by atoms with van der Waals surface area (Å²) < 4.78 is 2.38. The Balaban J connectivity index is 1.67. The lowest BCUT2D eigenvalue weighted by atomic mass is 9.93. The van der Waals surface area contributed by atoms with Gasteiger partial charge in [-0.1, -0.05) is 97.1 Å². The molecule has 2 heterocycles. The molecule has 0 amide bonds. The largest absolute Gasteiger partial charge is 0.308 e. The molecule has 182 valence electrons. The second-order valence-electron chi connectivity index (χ2n) is 9.55. The molecule has 39 heavy (non-hydrogen) atoms. The first-order valence-corrected chi connectivity index (χ1v) is 13.0. The number of hydrogen-bond donors (Lipinski definition) is 0. The van der Waals surface area contributed by atoms with Crippen molar-refractivity contribution < 1.29 is 0 Å². The number of rotatable bonds is 4. The van der Waals surface area contributed by atoms with E-state index in [-0.39, 0.29) is 0 Å². The van der Waals surface area contributed by atoms with Crippen molar-refractivity contribution in [3.63, 3.8) is 0 Å². The highest BCUT2D eigenvalue weighted by Crippen LogP contribution is 2.42. The number of nitrogens with zero attached hydrogens (tertiary/aromatic N) is 3. The van der Waals surface area contributed by atoms with E-state index in [0.29, 0.717) is 5.56 Å². The van der Waals surface area contributed by atoms with E-state index in [1.165, 1.54) is 10.8 Å². The molecule has 7 aromatic rings. The Labute approximate surface area is 226 Å². The smallest absolute Gasteiger partial charge is 0.0998 e. The second-order valence-corrected chi connectivity index (χ2v) is 9.55. The Morgan fingerprint density at radius 2 is 1.15 bits per heavy atom. The van der Waals surface area contributed by atoms with Gasteiger partial charge in [0.05, 0.1) is 28.4 Å². The summed E-state index contributed by atoms with van der Waals surface area (Å²) in [6.45, 7) is 0. The predicted octanol–water partition coefficient (Wildman–Crippen LogP) is 9.05. The van der Waals surface area contributed by atoms with Crippen LogP contribution >= 0.6 is 0 Å². The van der Waals surface area contributed by atoms with E-state index in [0.717, 1.165) is 50.1 Å². The Morgan fingerprint density at radius 3 is 1.87 bits per heavy atom. The molecule has 0 bridgehead atoms. The standard InChI is InChI=1S/C36H23N3/c37-24-28-22-33(26-12-5-2-6-13-26)35(23-32(28)27-18-20-38-21-19-27)39-34-17-8-7-14-30(34)31-16-9-15-29(36(31)39)25-10-3-1-4-11-25/h1-23H. The first-order valence-electron chi connectivity index (χ1n) is 13.0. The van der Waals surface area contributed by atoms with Crippen molar-refractivity contribution in [2.24, 2.45) is 0 Å². The SMILES string of the molecule is N#Cc1cc(-c2ccccc2)c(-n2c3ccccc3c3cccc(-c4ccccc4)c32)cc1-c1ccncc1. The Hall–Kier alpha value is -5.46. The van der Waals surface area contributed by atoms with Gasteiger partial charge in [-0.3, -0.25) is 4.98 Å². The zero-order valence-electron chi connectivity index (χ0n) is 21.1. The molecule has 0 N–H and O–H groups in total. The lowest BCUT2D eigenvalue weighted by Gasteiger charge is -2.18. The van der Waals surface area contributed by atoms with Gasteiger partial charge < -0.3 is 4.57 Å². The van der Waals surface area contributed by atoms with Gasteiger partial charge in [0.25, 0.3) is 0 Å². The maximum Gasteiger partial charge on any atom is 0.0998 e. The third-order valence-electron chi connectivity index (χ3n) is 7.35. The zero-order chi connectivity index (χ0) is 26.2. The Kier molecular flexibility index (Phi) is 5.50. The lowest BCUT2D eigenvalue weighted by Crippen LogP contribution is -2.01. The van der Waals surface area contributed by atoms with Crippen molar-refractivity contribution >= 4 is 21.8 Å². The highest BCUT2D eigenvalue weighted by atomic mass is 15.0. The molecule has 0 aliphatic rings. The van der Waals surface area contributed by atoms with Crippen LogP contribution < -0.4 is 0 Å². The fourth-order valence-electron chi connectivity index (χ4n) is 5.60. The molecule has 0 atom stereocenters. The zero-order valence-corrected chi connectivity index (χ0v) is 21.1. The van der Waals surface area contributed by atoms with Crippen LogP contribution in [-0.2, 0) is 0 Å². The van der Waals surface area contributed by atoms with E-state index in [1.807, 2.05) is 42.5 Å². The van der Waals surface area contributed by atoms with Gasteiger partial charge in [0, 0.05) is 39.9 Å². The minimum Gasteiger partial charge on any atom is -0.308 e. The highest BCUT2D eigenvalue weighted by Gasteiger charge is 2.21. The second kappa shape index (κ2) is 9.45. The monoisotopic (exact) mass is 497 g/mol. The van der Waals surface area contributed by atoms with E-state index in [4.69, 9.17) is 0 Å². The molecular formula is C36H23N3. The average molecular weight is 498 g/mol. The quantitative estimate of drug-likeness (QED) is 0.243. The molecule has 0 aliphatic carbocycles. The summed E-state index contributed by atoms with van der Waals surface area (Å²) >= 11 is 0. The number of benzene rings is 5. The molecule has 5 aromatic carbocycles. The molecule has 0 saturated heterocycles. The first-order chi connectivity index (χ1) is 19.3. The first kappa shape index (κ1) is 22.7. The Bertz CT molecular complexity index is 2000. The summed E-state index contributed by atoms with van der Waals surface area (Å²) in [6, 6.07) is 46.6. The highest BCUT2D eigenvalue weighted by molar-refractivity contribution is 6.14. The molecule has 0 aliphatic heterocycles. The molecule has 7 rings (SSSR count). The molecule has 0 spiro atoms. The van der Waals surface area contributed by atoms with Crippen LogP contribution in [0.2, 0.25) is 0 Å². The van der Waals surface area contributed by atoms with Crippen molar-refractivity contribution in [2.75, 3.05) is 0 Å². The van der Waals surface area contributed by atoms with Crippen molar-refractivity contribution in [1.29, 1.82) is 5.26 Å². The number of fused-ring (bicyclic) bond motifs is 3. The van der Waals surface area contributed by atoms with E-state index in [9.17, 15) is 5.26 Å². The topological polar surface area (TPSA) is 41.6 Å². The van der Waals surface area contributed by atoms with Crippen LogP contribution in [0, 0.1) is 11.3 Å². The van der Waals surface area contributed by atoms with Gasteiger partial charge in [0.15, 0.2) is 0 Å². The Morgan fingerprint density at radius 1 is 0.538 bits per heavy atom. The normalized spacial score (nSPS) is 11.1. The van der Waals surface area contributed by atoms with E-state index in [2.05, 4.69) is 101 Å². The summed E-state index contributed by atoms with van der Waals surface area (Å²) in [7, 11) is 0. The summed E-state index contributed by atoms with van der Waals surface area (Å²) in [5.41, 5.74) is 10.2. The lowest BCUT2D eigenvalue weighted by molar-refractivity contribution is 1.18. The average Bonchev–Trinajstić information content (AvgIpc) is 3.36. The fraction of sp³-hybridized carbons (Fsp3) is 0. The van der Waals surface area contributed by atoms with Crippen LogP contribution in [0.15, 0.2) is 140 Å². The van der Waals surface area contributed by atoms with Crippen LogP contribution in [0.1, 0.15) is 5.56 Å². The van der Waals surface area contributed by atoms with Gasteiger partial charge in [0.1, 0.15) is 0 Å². The molecule has 0 fully saturated rings. The van der Waals surface area contributed by atoms with Crippen LogP contribution in [0.5, 0.6) is 0 Å². The third-order valence-corrected chi connectivity index (χ3v) is 7.35. The van der Waals surface area contributed by atoms with Gasteiger partial charge in [-0.2, -0.15) is 5.26 Å². The molecule has 3 heteroatoms. The van der Waals surface area contributed by atoms with Gasteiger partial charge in [-0.05, 0) is 47.0 Å². The van der Waals surface area contributed by atoms with Gasteiger partial charge in [0.2, 0.25) is 0 Å². The third kappa shape index (κ3) is 3.79. The van der Waals surface area contributed by atoms with Crippen molar-refractivity contribution in [3.05, 3.63) is 145 Å². The molecule has 3 nitrogen and oxygen atoms in total. The van der Waals surface area contributed by atoms with Gasteiger partial charge in [-0.25, -0.2) is 0 Å². The molecule has 0 unspecified atom stereocenters. The fourth-order valence-corrected chi connectivity index (χ4v) is 5.60. The molecule has 0 radical (unpaired) electrons. The molecular weight excluding hydrogens is 474 g/mol. The predicted molar refractivity (Wildman–Crippen MR) is 160 cm³/mol. The number of hydrogen-bond acceptors (Lipinski definition) is 2. The van der Waals surface area contributed by atoms with Gasteiger partial charge >= 0.3 is 0 Å². The summed E-state index contributed by atoms with van der Waals surface area (Å²) in [4.78, 5) is 4.20. The van der Waals surface area contributed by atoms with Crippen LogP contribution in [0.3, 0.4) is 0 Å². The summed E-state index contributed by atoms with van der Waals surface area (Å²) in [5.74, 6) is 0. The number of para-hydroxylation sites is 2. The van der Waals surface area contributed by atoms with E-state index < -0.39 is 0 Å². The number of nitriles is 1. The van der Waals surface area contributed by atoms with Gasteiger partial charge in [-0.15, -0.1) is 0 Å². The van der Waals surface area contributed by atoms with Crippen molar-refractivity contribution in [2.45, 2.75) is 0 Å². The molecule has 2 aromatic heterocycles. The van der Waals surface area contributed by atoms with E-state index >= 15 is 0 Å². The van der Waals surface area contributed by atoms with Crippen LogP contribution in [-0.4, -0.2) is 9.55 Å².